The Morgan fingerprint density at radius 3 is 2.62 bits per heavy atom. The number of ketones is 1. The molecule has 2 aromatic rings. The van der Waals surface area contributed by atoms with Crippen LogP contribution in [0, 0.1) is 0 Å². The average Bonchev–Trinajstić information content (AvgIpc) is 3.13. The van der Waals surface area contributed by atoms with Gasteiger partial charge in [0.1, 0.15) is 0 Å². The fourth-order valence-electron chi connectivity index (χ4n) is 3.43. The van der Waals surface area contributed by atoms with Crippen molar-refractivity contribution in [1.29, 1.82) is 0 Å². The van der Waals surface area contributed by atoms with E-state index in [9.17, 15) is 14.4 Å². The van der Waals surface area contributed by atoms with Gasteiger partial charge >= 0.3 is 11.9 Å². The molecule has 0 saturated heterocycles. The van der Waals surface area contributed by atoms with E-state index in [2.05, 4.69) is 0 Å². The monoisotopic (exact) mass is 375 g/mol. The number of thiophene rings is 1. The molecule has 1 aliphatic rings. The molecule has 0 N–H and O–H groups in total. The van der Waals surface area contributed by atoms with Gasteiger partial charge in [-0.15, -0.1) is 11.3 Å². The molecular weight excluding hydrogens is 354 g/mol. The standard InChI is InChI=1S/C19H21NO5S/c1-4-24-14(21)10-13-15(19(23)25-5-2)12-7-6-11-8-9-26-18(11)17(22)16(12)20(13)3/h8-9H,4-7,10H2,1-3H3. The van der Waals surface area contributed by atoms with Crippen molar-refractivity contribution in [3.05, 3.63) is 44.4 Å². The fourth-order valence-corrected chi connectivity index (χ4v) is 4.32. The Balaban J connectivity index is 2.15. The molecule has 0 unspecified atom stereocenters. The van der Waals surface area contributed by atoms with Crippen LogP contribution < -0.4 is 0 Å². The van der Waals surface area contributed by atoms with Crippen molar-refractivity contribution >= 4 is 29.1 Å². The number of esters is 2. The maximum atomic E-state index is 13.1. The van der Waals surface area contributed by atoms with Crippen molar-refractivity contribution in [2.45, 2.75) is 33.1 Å². The number of rotatable bonds is 5. The topological polar surface area (TPSA) is 74.6 Å². The Hall–Kier alpha value is -2.41. The van der Waals surface area contributed by atoms with Gasteiger partial charge in [-0.3, -0.25) is 9.59 Å². The largest absolute Gasteiger partial charge is 0.466 e. The number of carbonyl (C=O) groups excluding carboxylic acids is 3. The number of nitrogens with zero attached hydrogens (tertiary/aromatic N) is 1. The summed E-state index contributed by atoms with van der Waals surface area (Å²) >= 11 is 1.40. The van der Waals surface area contributed by atoms with E-state index in [1.54, 1.807) is 25.5 Å². The van der Waals surface area contributed by atoms with Gasteiger partial charge in [-0.2, -0.15) is 0 Å². The van der Waals surface area contributed by atoms with Crippen LogP contribution >= 0.6 is 11.3 Å². The van der Waals surface area contributed by atoms with Crippen LogP contribution in [0.25, 0.3) is 0 Å². The highest BCUT2D eigenvalue weighted by Crippen LogP contribution is 2.33. The molecule has 2 aromatic heterocycles. The molecule has 0 aromatic carbocycles. The molecule has 138 valence electrons. The predicted octanol–water partition coefficient (Wildman–Crippen LogP) is 2.70. The van der Waals surface area contributed by atoms with Crippen molar-refractivity contribution in [3.63, 3.8) is 0 Å². The third-order valence-electron chi connectivity index (χ3n) is 4.53. The van der Waals surface area contributed by atoms with Gasteiger partial charge in [-0.05, 0) is 49.3 Å². The van der Waals surface area contributed by atoms with Crippen LogP contribution in [0.4, 0.5) is 0 Å². The Morgan fingerprint density at radius 2 is 1.92 bits per heavy atom. The SMILES string of the molecule is CCOC(=O)Cc1c(C(=O)OCC)c2c(n1C)C(=O)c1sccc1CC2. The van der Waals surface area contributed by atoms with E-state index in [-0.39, 0.29) is 25.4 Å². The van der Waals surface area contributed by atoms with E-state index in [1.807, 2.05) is 11.4 Å². The van der Waals surface area contributed by atoms with E-state index in [1.165, 1.54) is 11.3 Å². The summed E-state index contributed by atoms with van der Waals surface area (Å²) in [5, 5.41) is 1.91. The molecule has 0 radical (unpaired) electrons. The molecule has 26 heavy (non-hydrogen) atoms. The molecule has 0 spiro atoms. The first-order valence-corrected chi connectivity index (χ1v) is 9.51. The van der Waals surface area contributed by atoms with Crippen LogP contribution in [0.15, 0.2) is 11.4 Å². The zero-order valence-electron chi connectivity index (χ0n) is 15.1. The van der Waals surface area contributed by atoms with Crippen LogP contribution in [0.3, 0.4) is 0 Å². The first kappa shape index (κ1) is 18.4. The molecule has 1 aliphatic carbocycles. The summed E-state index contributed by atoms with van der Waals surface area (Å²) in [6.45, 7) is 3.94. The van der Waals surface area contributed by atoms with Gasteiger partial charge in [0.15, 0.2) is 0 Å². The lowest BCUT2D eigenvalue weighted by Gasteiger charge is -2.09. The zero-order valence-corrected chi connectivity index (χ0v) is 15.9. The first-order valence-electron chi connectivity index (χ1n) is 8.63. The minimum absolute atomic E-state index is 0.0733. The predicted molar refractivity (Wildman–Crippen MR) is 96.9 cm³/mol. The van der Waals surface area contributed by atoms with Crippen molar-refractivity contribution in [3.8, 4) is 0 Å². The van der Waals surface area contributed by atoms with Gasteiger partial charge in [0, 0.05) is 12.7 Å². The van der Waals surface area contributed by atoms with Crippen LogP contribution in [0.5, 0.6) is 0 Å². The molecule has 0 bridgehead atoms. The summed E-state index contributed by atoms with van der Waals surface area (Å²) in [5.74, 6) is -1.04. The maximum Gasteiger partial charge on any atom is 0.340 e. The first-order chi connectivity index (χ1) is 12.5. The molecule has 3 rings (SSSR count). The van der Waals surface area contributed by atoms with E-state index >= 15 is 0 Å². The molecule has 0 saturated carbocycles. The second-order valence-electron chi connectivity index (χ2n) is 6.01. The smallest absolute Gasteiger partial charge is 0.340 e. The third kappa shape index (κ3) is 3.07. The van der Waals surface area contributed by atoms with E-state index in [4.69, 9.17) is 9.47 Å². The molecule has 0 aliphatic heterocycles. The number of fused-ring (bicyclic) bond motifs is 2. The summed E-state index contributed by atoms with van der Waals surface area (Å²) < 4.78 is 11.9. The van der Waals surface area contributed by atoms with Gasteiger partial charge in [0.2, 0.25) is 5.78 Å². The average molecular weight is 375 g/mol. The van der Waals surface area contributed by atoms with Gasteiger partial charge in [-0.25, -0.2) is 4.79 Å². The van der Waals surface area contributed by atoms with Gasteiger partial charge in [0.25, 0.3) is 0 Å². The molecule has 0 fully saturated rings. The maximum absolute atomic E-state index is 13.1. The quantitative estimate of drug-likeness (QED) is 0.751. The minimum atomic E-state index is -0.498. The summed E-state index contributed by atoms with van der Waals surface area (Å²) in [4.78, 5) is 38.5. The van der Waals surface area contributed by atoms with Gasteiger partial charge in [0.05, 0.1) is 35.8 Å². The number of carbonyl (C=O) groups is 3. The summed E-state index contributed by atoms with van der Waals surface area (Å²) in [6.07, 6.45) is 1.15. The number of ether oxygens (including phenoxy) is 2. The number of hydrogen-bond donors (Lipinski definition) is 0. The van der Waals surface area contributed by atoms with E-state index in [0.29, 0.717) is 40.2 Å². The van der Waals surface area contributed by atoms with Gasteiger partial charge < -0.3 is 14.0 Å². The zero-order chi connectivity index (χ0) is 18.8. The van der Waals surface area contributed by atoms with Crippen molar-refractivity contribution < 1.29 is 23.9 Å². The Labute approximate surface area is 155 Å². The van der Waals surface area contributed by atoms with Crippen molar-refractivity contribution in [2.24, 2.45) is 7.05 Å². The summed E-state index contributed by atoms with van der Waals surface area (Å²) in [6, 6.07) is 1.95. The fraction of sp³-hybridized carbons (Fsp3) is 0.421. The van der Waals surface area contributed by atoms with Crippen molar-refractivity contribution in [2.75, 3.05) is 13.2 Å². The third-order valence-corrected chi connectivity index (χ3v) is 5.48. The molecular formula is C19H21NO5S. The van der Waals surface area contributed by atoms with Crippen LogP contribution in [-0.2, 0) is 40.6 Å². The molecule has 2 heterocycles. The molecule has 0 amide bonds. The highest BCUT2D eigenvalue weighted by molar-refractivity contribution is 7.12. The molecule has 7 heteroatoms. The second-order valence-corrected chi connectivity index (χ2v) is 6.93. The number of hydrogen-bond acceptors (Lipinski definition) is 6. The van der Waals surface area contributed by atoms with Crippen LogP contribution in [0.2, 0.25) is 0 Å². The van der Waals surface area contributed by atoms with E-state index < -0.39 is 11.9 Å². The highest BCUT2D eigenvalue weighted by Gasteiger charge is 2.34. The van der Waals surface area contributed by atoms with E-state index in [0.717, 1.165) is 5.56 Å². The lowest BCUT2D eigenvalue weighted by molar-refractivity contribution is -0.142. The Kier molecular flexibility index (Phi) is 5.27. The molecule has 0 atom stereocenters. The second kappa shape index (κ2) is 7.45. The number of aromatic nitrogens is 1. The van der Waals surface area contributed by atoms with Crippen LogP contribution in [0.1, 0.15) is 56.4 Å². The minimum Gasteiger partial charge on any atom is -0.466 e. The lowest BCUT2D eigenvalue weighted by atomic mass is 10.0. The lowest BCUT2D eigenvalue weighted by Crippen LogP contribution is -2.16. The highest BCUT2D eigenvalue weighted by atomic mass is 32.1. The van der Waals surface area contributed by atoms with Crippen molar-refractivity contribution in [1.82, 2.24) is 4.57 Å². The molecule has 6 nitrogen and oxygen atoms in total. The summed E-state index contributed by atoms with van der Waals surface area (Å²) in [7, 11) is 1.71. The van der Waals surface area contributed by atoms with Crippen LogP contribution in [-0.4, -0.2) is 35.5 Å². The Morgan fingerprint density at radius 1 is 1.19 bits per heavy atom. The summed E-state index contributed by atoms with van der Waals surface area (Å²) in [5.41, 5.74) is 2.94. The number of aryl methyl sites for hydroxylation is 1. The Bertz CT molecular complexity index is 877. The normalized spacial score (nSPS) is 13.0. The van der Waals surface area contributed by atoms with Gasteiger partial charge in [-0.1, -0.05) is 0 Å².